The molecule has 0 spiro atoms. The molecule has 0 radical (unpaired) electrons. The van der Waals surface area contributed by atoms with E-state index in [4.69, 9.17) is 17.0 Å². The molecule has 14 heteroatoms. The first-order valence-corrected chi connectivity index (χ1v) is 16.4. The normalized spacial score (nSPS) is 21.1. The summed E-state index contributed by atoms with van der Waals surface area (Å²) in [5, 5.41) is 12.7. The number of ether oxygens (including phenoxy) is 1. The molecule has 8 nitrogen and oxygen atoms in total. The number of aliphatic hydroxyl groups is 1. The first kappa shape index (κ1) is 30.5. The highest BCUT2D eigenvalue weighted by molar-refractivity contribution is 7.99. The fraction of sp³-hybridized carbons (Fsp3) is 0.483. The molecule has 230 valence electrons. The summed E-state index contributed by atoms with van der Waals surface area (Å²) in [4.78, 5) is 17.8. The molecular formula is C29H33F3N6O2S3. The summed E-state index contributed by atoms with van der Waals surface area (Å²) in [7, 11) is 1.90. The number of fused-ring (bicyclic) bond motifs is 2. The lowest BCUT2D eigenvalue weighted by Crippen LogP contribution is -2.59. The Kier molecular flexibility index (Phi) is 8.86. The van der Waals surface area contributed by atoms with Crippen LogP contribution < -0.4 is 10.2 Å². The number of aromatic nitrogens is 2. The van der Waals surface area contributed by atoms with Gasteiger partial charge in [-0.3, -0.25) is 4.90 Å². The van der Waals surface area contributed by atoms with Gasteiger partial charge in [0.05, 0.1) is 47.4 Å². The van der Waals surface area contributed by atoms with Gasteiger partial charge in [-0.2, -0.15) is 13.2 Å². The molecule has 43 heavy (non-hydrogen) atoms. The molecule has 2 unspecified atom stereocenters. The van der Waals surface area contributed by atoms with E-state index in [0.717, 1.165) is 58.3 Å². The highest BCUT2D eigenvalue weighted by Crippen LogP contribution is 2.43. The van der Waals surface area contributed by atoms with Crippen molar-refractivity contribution < 1.29 is 23.0 Å². The fourth-order valence-electron chi connectivity index (χ4n) is 5.92. The number of thioether (sulfide) groups is 1. The number of thiophene rings is 1. The first-order valence-electron chi connectivity index (χ1n) is 14.2. The lowest BCUT2D eigenvalue weighted by Gasteiger charge is -2.44. The number of β-amino-alcohol motifs (C(OH)–C–C–N with tert-alkyl or cyclic N) is 1. The van der Waals surface area contributed by atoms with E-state index in [-0.39, 0.29) is 30.3 Å². The highest BCUT2D eigenvalue weighted by Gasteiger charge is 2.41. The monoisotopic (exact) mass is 650 g/mol. The maximum absolute atomic E-state index is 14.1. The quantitative estimate of drug-likeness (QED) is 0.337. The van der Waals surface area contributed by atoms with Crippen LogP contribution in [-0.2, 0) is 17.3 Å². The number of alkyl halides is 3. The molecule has 2 aromatic heterocycles. The molecule has 0 saturated carbocycles. The third-order valence-electron chi connectivity index (χ3n) is 8.20. The van der Waals surface area contributed by atoms with Crippen LogP contribution in [0.2, 0.25) is 0 Å². The van der Waals surface area contributed by atoms with Crippen LogP contribution >= 0.6 is 35.3 Å². The minimum Gasteiger partial charge on any atom is -0.395 e. The van der Waals surface area contributed by atoms with Crippen LogP contribution in [0.3, 0.4) is 0 Å². The van der Waals surface area contributed by atoms with Crippen LogP contribution in [0.15, 0.2) is 35.4 Å². The molecular weight excluding hydrogens is 618 g/mol. The Labute approximate surface area is 262 Å². The van der Waals surface area contributed by atoms with Crippen molar-refractivity contribution in [3.8, 4) is 10.6 Å². The van der Waals surface area contributed by atoms with Crippen LogP contribution in [0.1, 0.15) is 22.9 Å². The van der Waals surface area contributed by atoms with Crippen LogP contribution in [0.5, 0.6) is 0 Å². The molecule has 0 amide bonds. The van der Waals surface area contributed by atoms with Crippen LogP contribution in [0, 0.1) is 0 Å². The standard InChI is InChI=1S/C29H33F3N6O2S3/c1-3-17-12-18(38-7-6-37(8-10-39)21-15-40-16-22(21)38)4-5-20(17)34-28-33-14-19(29(30,31)32)25(35-28)23-13-24-26(43-23)27(41)36(2)9-11-42-24/h4-5,12-14,21-22,39H,3,6-11,15-16H2,1-2H3,(H,33,34,35). The average molecular weight is 651 g/mol. The Balaban J connectivity index is 1.29. The smallest absolute Gasteiger partial charge is 0.395 e. The van der Waals surface area contributed by atoms with Gasteiger partial charge in [0.1, 0.15) is 10.6 Å². The van der Waals surface area contributed by atoms with Crippen LogP contribution in [0.25, 0.3) is 10.6 Å². The van der Waals surface area contributed by atoms with Gasteiger partial charge in [0, 0.05) is 61.4 Å². The van der Waals surface area contributed by atoms with E-state index in [1.54, 1.807) is 17.8 Å². The first-order chi connectivity index (χ1) is 20.7. The second-order valence-electron chi connectivity index (χ2n) is 10.8. The van der Waals surface area contributed by atoms with Crippen molar-refractivity contribution in [2.24, 2.45) is 0 Å². The van der Waals surface area contributed by atoms with E-state index in [0.29, 0.717) is 36.0 Å². The van der Waals surface area contributed by atoms with Gasteiger partial charge in [0.15, 0.2) is 0 Å². The number of benzene rings is 1. The van der Waals surface area contributed by atoms with E-state index in [1.165, 1.54) is 11.3 Å². The van der Waals surface area contributed by atoms with Gasteiger partial charge in [-0.05, 0) is 36.2 Å². The van der Waals surface area contributed by atoms with Gasteiger partial charge in [-0.1, -0.05) is 19.1 Å². The van der Waals surface area contributed by atoms with Crippen molar-refractivity contribution in [3.05, 3.63) is 46.5 Å². The Morgan fingerprint density at radius 3 is 2.74 bits per heavy atom. The van der Waals surface area contributed by atoms with E-state index in [1.807, 2.05) is 31.0 Å². The van der Waals surface area contributed by atoms with Gasteiger partial charge in [-0.15, -0.1) is 23.1 Å². The molecule has 3 aliphatic rings. The number of halogens is 3. The van der Waals surface area contributed by atoms with Crippen LogP contribution in [-0.4, -0.2) is 101 Å². The number of thiocarbonyl (C=S) groups is 1. The Morgan fingerprint density at radius 2 is 1.98 bits per heavy atom. The molecule has 2 N–H and O–H groups in total. The second-order valence-corrected chi connectivity index (χ2v) is 13.4. The zero-order valence-corrected chi connectivity index (χ0v) is 26.3. The topological polar surface area (TPSA) is 77.0 Å². The number of nitrogens with zero attached hydrogens (tertiary/aromatic N) is 5. The number of hydrogen-bond donors (Lipinski definition) is 2. The Hall–Kier alpha value is -2.49. The zero-order valence-electron chi connectivity index (χ0n) is 23.9. The van der Waals surface area contributed by atoms with Gasteiger partial charge in [-0.25, -0.2) is 9.97 Å². The molecule has 0 aliphatic carbocycles. The van der Waals surface area contributed by atoms with Crippen molar-refractivity contribution in [2.45, 2.75) is 36.5 Å². The maximum Gasteiger partial charge on any atom is 0.420 e. The van der Waals surface area contributed by atoms with E-state index in [2.05, 4.69) is 31.2 Å². The van der Waals surface area contributed by atoms with E-state index < -0.39 is 11.7 Å². The predicted octanol–water partition coefficient (Wildman–Crippen LogP) is 5.12. The van der Waals surface area contributed by atoms with Crippen molar-refractivity contribution in [1.29, 1.82) is 0 Å². The van der Waals surface area contributed by atoms with Gasteiger partial charge < -0.3 is 25.0 Å². The number of aliphatic hydroxyl groups excluding tert-OH is 1. The Morgan fingerprint density at radius 1 is 1.16 bits per heavy atom. The fourth-order valence-corrected chi connectivity index (χ4v) is 8.75. The summed E-state index contributed by atoms with van der Waals surface area (Å²) in [6.45, 7) is 6.49. The molecule has 2 atom stereocenters. The van der Waals surface area contributed by atoms with E-state index in [9.17, 15) is 18.3 Å². The largest absolute Gasteiger partial charge is 0.420 e. The van der Waals surface area contributed by atoms with Crippen LogP contribution in [0.4, 0.5) is 30.5 Å². The maximum atomic E-state index is 14.1. The highest BCUT2D eigenvalue weighted by atomic mass is 32.2. The molecule has 2 fully saturated rings. The summed E-state index contributed by atoms with van der Waals surface area (Å²) in [6, 6.07) is 8.27. The third kappa shape index (κ3) is 6.09. The lowest BCUT2D eigenvalue weighted by atomic mass is 10.0. The number of hydrogen-bond acceptors (Lipinski definition) is 10. The minimum absolute atomic E-state index is 0.100. The zero-order chi connectivity index (χ0) is 30.3. The molecule has 1 aromatic carbocycles. The third-order valence-corrected chi connectivity index (χ3v) is 11.1. The number of nitrogens with one attached hydrogen (secondary N) is 1. The minimum atomic E-state index is -4.61. The number of piperazine rings is 1. The summed E-state index contributed by atoms with van der Waals surface area (Å²) in [5.41, 5.74) is 1.79. The summed E-state index contributed by atoms with van der Waals surface area (Å²) in [5.74, 6) is 0.897. The number of aryl methyl sites for hydroxylation is 1. The van der Waals surface area contributed by atoms with Gasteiger partial charge in [0.25, 0.3) is 0 Å². The predicted molar refractivity (Wildman–Crippen MR) is 169 cm³/mol. The summed E-state index contributed by atoms with van der Waals surface area (Å²) in [6.07, 6.45) is -3.04. The van der Waals surface area contributed by atoms with Crippen molar-refractivity contribution >= 4 is 57.6 Å². The van der Waals surface area contributed by atoms with E-state index >= 15 is 0 Å². The lowest BCUT2D eigenvalue weighted by molar-refractivity contribution is -0.137. The number of anilines is 3. The van der Waals surface area contributed by atoms with Crippen molar-refractivity contribution in [2.75, 3.05) is 69.0 Å². The van der Waals surface area contributed by atoms with Gasteiger partial charge in [0.2, 0.25) is 5.95 Å². The second kappa shape index (κ2) is 12.5. The molecule has 6 rings (SSSR count). The van der Waals surface area contributed by atoms with Crippen molar-refractivity contribution in [1.82, 2.24) is 19.8 Å². The molecule has 5 heterocycles. The summed E-state index contributed by atoms with van der Waals surface area (Å²) >= 11 is 8.45. The van der Waals surface area contributed by atoms with Crippen molar-refractivity contribution in [3.63, 3.8) is 0 Å². The molecule has 3 aromatic rings. The SMILES string of the molecule is CCc1cc(N2CCN(CCO)C3COCC32)ccc1Nc1ncc(C(F)(F)F)c(-c2cc3c(s2)C(=S)N(C)CCS3)n1. The Bertz CT molecular complexity index is 1500. The summed E-state index contributed by atoms with van der Waals surface area (Å²) < 4.78 is 48.2. The molecule has 0 bridgehead atoms. The average Bonchev–Trinajstić information content (AvgIpc) is 3.62. The van der Waals surface area contributed by atoms with Gasteiger partial charge >= 0.3 is 6.18 Å². The molecule has 2 saturated heterocycles. The number of rotatable bonds is 7. The molecule has 3 aliphatic heterocycles.